The molecule has 1 aromatic carbocycles. The van der Waals surface area contributed by atoms with Crippen LogP contribution in [-0.4, -0.2) is 31.4 Å². The molecule has 4 heteroatoms. The maximum atomic E-state index is 12.2. The fourth-order valence-electron chi connectivity index (χ4n) is 1.66. The van der Waals surface area contributed by atoms with Gasteiger partial charge in [0.05, 0.1) is 0 Å². The topological polar surface area (TPSA) is 46.6 Å². The minimum Gasteiger partial charge on any atom is -0.451 e. The molecule has 0 aliphatic heterocycles. The molecule has 0 amide bonds. The highest BCUT2D eigenvalue weighted by atomic mass is 16.6. The average molecular weight is 249 g/mol. The summed E-state index contributed by atoms with van der Waals surface area (Å²) in [5.74, 6) is -0.665. The molecule has 1 rings (SSSR count). The SMILES string of the molecule is CC(=O)OC(C)(C)C(=O)c1ccc(N(C)C)cc1. The minimum absolute atomic E-state index is 0.206. The molecule has 0 radical (unpaired) electrons. The highest BCUT2D eigenvalue weighted by Crippen LogP contribution is 2.20. The Hall–Kier alpha value is -1.84. The molecule has 0 aliphatic rings. The maximum absolute atomic E-state index is 12.2. The van der Waals surface area contributed by atoms with Gasteiger partial charge < -0.3 is 9.64 Å². The highest BCUT2D eigenvalue weighted by Gasteiger charge is 2.31. The van der Waals surface area contributed by atoms with Gasteiger partial charge in [-0.1, -0.05) is 0 Å². The van der Waals surface area contributed by atoms with Crippen LogP contribution in [0.5, 0.6) is 0 Å². The third-order valence-electron chi connectivity index (χ3n) is 2.59. The molecule has 98 valence electrons. The third kappa shape index (κ3) is 3.32. The smallest absolute Gasteiger partial charge is 0.303 e. The molecule has 0 saturated heterocycles. The Morgan fingerprint density at radius 3 is 2.00 bits per heavy atom. The fraction of sp³-hybridized carbons (Fsp3) is 0.429. The first-order chi connectivity index (χ1) is 8.24. The van der Waals surface area contributed by atoms with Crippen LogP contribution in [0.25, 0.3) is 0 Å². The molecule has 0 spiro atoms. The lowest BCUT2D eigenvalue weighted by molar-refractivity contribution is -0.149. The number of ketones is 1. The molecule has 0 heterocycles. The normalized spacial score (nSPS) is 10.9. The van der Waals surface area contributed by atoms with E-state index < -0.39 is 11.6 Å². The lowest BCUT2D eigenvalue weighted by Crippen LogP contribution is -2.36. The summed E-state index contributed by atoms with van der Waals surface area (Å²) in [5.41, 5.74) is 0.412. The van der Waals surface area contributed by atoms with Crippen molar-refractivity contribution in [2.24, 2.45) is 0 Å². The van der Waals surface area contributed by atoms with Crippen LogP contribution in [0.15, 0.2) is 24.3 Å². The van der Waals surface area contributed by atoms with E-state index in [4.69, 9.17) is 4.74 Å². The van der Waals surface area contributed by atoms with Crippen LogP contribution in [0.4, 0.5) is 5.69 Å². The molecule has 0 bridgehead atoms. The maximum Gasteiger partial charge on any atom is 0.303 e. The van der Waals surface area contributed by atoms with E-state index in [1.165, 1.54) is 6.92 Å². The summed E-state index contributed by atoms with van der Waals surface area (Å²) in [7, 11) is 3.86. The summed E-state index contributed by atoms with van der Waals surface area (Å²) in [6, 6.07) is 7.19. The number of anilines is 1. The summed E-state index contributed by atoms with van der Waals surface area (Å²) in [5, 5.41) is 0. The Labute approximate surface area is 108 Å². The standard InChI is InChI=1S/C14H19NO3/c1-10(16)18-14(2,3)13(17)11-6-8-12(9-7-11)15(4)5/h6-9H,1-5H3. The van der Waals surface area contributed by atoms with E-state index in [1.807, 2.05) is 31.1 Å². The molecule has 18 heavy (non-hydrogen) atoms. The number of carbonyl (C=O) groups excluding carboxylic acids is 2. The van der Waals surface area contributed by atoms with E-state index in [9.17, 15) is 9.59 Å². The number of hydrogen-bond donors (Lipinski definition) is 0. The second-order valence-corrected chi connectivity index (χ2v) is 4.87. The van der Waals surface area contributed by atoms with Crippen LogP contribution in [-0.2, 0) is 9.53 Å². The number of hydrogen-bond acceptors (Lipinski definition) is 4. The molecule has 0 atom stereocenters. The van der Waals surface area contributed by atoms with Crippen molar-refractivity contribution in [1.82, 2.24) is 0 Å². The second kappa shape index (κ2) is 5.21. The summed E-state index contributed by atoms with van der Waals surface area (Å²) in [4.78, 5) is 25.1. The highest BCUT2D eigenvalue weighted by molar-refractivity contribution is 6.03. The molecule has 0 fully saturated rings. The number of esters is 1. The van der Waals surface area contributed by atoms with Gasteiger partial charge in [0.2, 0.25) is 5.78 Å². The van der Waals surface area contributed by atoms with E-state index >= 15 is 0 Å². The zero-order valence-corrected chi connectivity index (χ0v) is 11.5. The lowest BCUT2D eigenvalue weighted by Gasteiger charge is -2.23. The molecule has 0 aliphatic carbocycles. The summed E-state index contributed by atoms with van der Waals surface area (Å²) in [6.45, 7) is 4.48. The predicted molar refractivity (Wildman–Crippen MR) is 70.9 cm³/mol. The Kier molecular flexibility index (Phi) is 4.11. The first-order valence-electron chi connectivity index (χ1n) is 5.76. The van der Waals surface area contributed by atoms with Crippen LogP contribution < -0.4 is 4.90 Å². The van der Waals surface area contributed by atoms with Crippen LogP contribution in [0, 0.1) is 0 Å². The van der Waals surface area contributed by atoms with E-state index in [1.54, 1.807) is 26.0 Å². The predicted octanol–water partition coefficient (Wildman–Crippen LogP) is 2.28. The van der Waals surface area contributed by atoms with Crippen molar-refractivity contribution in [2.75, 3.05) is 19.0 Å². The Morgan fingerprint density at radius 1 is 1.11 bits per heavy atom. The molecule has 1 aromatic rings. The van der Waals surface area contributed by atoms with Crippen molar-refractivity contribution in [2.45, 2.75) is 26.4 Å². The molecular formula is C14H19NO3. The van der Waals surface area contributed by atoms with Gasteiger partial charge in [-0.15, -0.1) is 0 Å². The minimum atomic E-state index is -1.13. The van der Waals surface area contributed by atoms with Crippen molar-refractivity contribution in [3.63, 3.8) is 0 Å². The van der Waals surface area contributed by atoms with Crippen molar-refractivity contribution in [1.29, 1.82) is 0 Å². The Morgan fingerprint density at radius 2 is 1.61 bits per heavy atom. The number of nitrogens with zero attached hydrogens (tertiary/aromatic N) is 1. The number of carbonyl (C=O) groups is 2. The van der Waals surface area contributed by atoms with Crippen molar-refractivity contribution in [3.8, 4) is 0 Å². The average Bonchev–Trinajstić information content (AvgIpc) is 2.26. The van der Waals surface area contributed by atoms with Crippen molar-refractivity contribution < 1.29 is 14.3 Å². The summed E-state index contributed by atoms with van der Waals surface area (Å²) >= 11 is 0. The van der Waals surface area contributed by atoms with Crippen LogP contribution in [0.1, 0.15) is 31.1 Å². The monoisotopic (exact) mass is 249 g/mol. The van der Waals surface area contributed by atoms with Gasteiger partial charge >= 0.3 is 5.97 Å². The quantitative estimate of drug-likeness (QED) is 0.606. The van der Waals surface area contributed by atoms with Crippen molar-refractivity contribution in [3.05, 3.63) is 29.8 Å². The number of Topliss-reactive ketones (excluding diaryl/α,β-unsaturated/α-hetero) is 1. The summed E-state index contributed by atoms with van der Waals surface area (Å²) < 4.78 is 5.03. The van der Waals surface area contributed by atoms with Crippen LogP contribution in [0.3, 0.4) is 0 Å². The van der Waals surface area contributed by atoms with Crippen LogP contribution in [0.2, 0.25) is 0 Å². The number of benzene rings is 1. The Bertz CT molecular complexity index is 447. The molecule has 0 unspecified atom stereocenters. The largest absolute Gasteiger partial charge is 0.451 e. The molecule has 0 aromatic heterocycles. The van der Waals surface area contributed by atoms with E-state index in [-0.39, 0.29) is 5.78 Å². The van der Waals surface area contributed by atoms with Gasteiger partial charge in [-0.3, -0.25) is 9.59 Å². The van der Waals surface area contributed by atoms with E-state index in [2.05, 4.69) is 0 Å². The molecule has 0 N–H and O–H groups in total. The lowest BCUT2D eigenvalue weighted by atomic mass is 9.96. The van der Waals surface area contributed by atoms with Gasteiger partial charge in [-0.05, 0) is 38.1 Å². The Balaban J connectivity index is 2.93. The van der Waals surface area contributed by atoms with Gasteiger partial charge in [-0.2, -0.15) is 0 Å². The van der Waals surface area contributed by atoms with Gasteiger partial charge in [0.15, 0.2) is 5.60 Å². The summed E-state index contributed by atoms with van der Waals surface area (Å²) in [6.07, 6.45) is 0. The zero-order valence-electron chi connectivity index (χ0n) is 11.5. The fourth-order valence-corrected chi connectivity index (χ4v) is 1.66. The number of ether oxygens (including phenoxy) is 1. The second-order valence-electron chi connectivity index (χ2n) is 4.87. The van der Waals surface area contributed by atoms with E-state index in [0.29, 0.717) is 5.56 Å². The number of rotatable bonds is 4. The van der Waals surface area contributed by atoms with Gasteiger partial charge in [0, 0.05) is 32.3 Å². The third-order valence-corrected chi connectivity index (χ3v) is 2.59. The molecule has 4 nitrogen and oxygen atoms in total. The molecular weight excluding hydrogens is 230 g/mol. The van der Waals surface area contributed by atoms with Gasteiger partial charge in [0.25, 0.3) is 0 Å². The first-order valence-corrected chi connectivity index (χ1v) is 5.76. The molecule has 0 saturated carbocycles. The van der Waals surface area contributed by atoms with Gasteiger partial charge in [-0.25, -0.2) is 0 Å². The first kappa shape index (κ1) is 14.2. The zero-order chi connectivity index (χ0) is 13.9. The van der Waals surface area contributed by atoms with Crippen molar-refractivity contribution >= 4 is 17.4 Å². The van der Waals surface area contributed by atoms with E-state index in [0.717, 1.165) is 5.69 Å². The van der Waals surface area contributed by atoms with Crippen LogP contribution >= 0.6 is 0 Å². The van der Waals surface area contributed by atoms with Gasteiger partial charge in [0.1, 0.15) is 0 Å².